The van der Waals surface area contributed by atoms with Crippen LogP contribution < -0.4 is 10.3 Å². The van der Waals surface area contributed by atoms with Crippen molar-refractivity contribution in [3.8, 4) is 18.1 Å². The maximum Gasteiger partial charge on any atom is 0.275 e. The van der Waals surface area contributed by atoms with Gasteiger partial charge in [-0.15, -0.1) is 6.42 Å². The highest BCUT2D eigenvalue weighted by atomic mass is 16.5. The van der Waals surface area contributed by atoms with E-state index in [2.05, 4.69) is 27.0 Å². The van der Waals surface area contributed by atoms with E-state index in [0.29, 0.717) is 17.1 Å². The molecule has 0 spiro atoms. The molecule has 0 bridgehead atoms. The molecule has 144 valence electrons. The summed E-state index contributed by atoms with van der Waals surface area (Å²) in [6.07, 6.45) is 6.31. The second-order valence-corrected chi connectivity index (χ2v) is 7.39. The van der Waals surface area contributed by atoms with Crippen LogP contribution in [0, 0.1) is 26.2 Å². The molecule has 2 aromatic heterocycles. The predicted molar refractivity (Wildman–Crippen MR) is 109 cm³/mol. The normalized spacial score (nSPS) is 17.1. The number of nitrogens with one attached hydrogen (secondary N) is 1. The summed E-state index contributed by atoms with van der Waals surface area (Å²) >= 11 is 0. The van der Waals surface area contributed by atoms with E-state index in [4.69, 9.17) is 11.2 Å². The third-order valence-electron chi connectivity index (χ3n) is 5.44. The molecule has 1 saturated heterocycles. The predicted octanol–water partition coefficient (Wildman–Crippen LogP) is 2.64. The molecule has 1 aromatic carbocycles. The highest BCUT2D eigenvalue weighted by Crippen LogP contribution is 2.28. The van der Waals surface area contributed by atoms with Crippen molar-refractivity contribution in [2.75, 3.05) is 19.7 Å². The van der Waals surface area contributed by atoms with E-state index in [0.717, 1.165) is 43.2 Å². The Balaban J connectivity index is 1.47. The fourth-order valence-corrected chi connectivity index (χ4v) is 3.79. The van der Waals surface area contributed by atoms with Crippen LogP contribution in [0.3, 0.4) is 0 Å². The minimum absolute atomic E-state index is 0.0209. The molecule has 1 aliphatic heterocycles. The number of rotatable bonds is 5. The lowest BCUT2D eigenvalue weighted by molar-refractivity contribution is 0.324. The molecule has 3 aromatic rings. The number of ether oxygens (including phenoxy) is 1. The zero-order valence-corrected chi connectivity index (χ0v) is 16.2. The summed E-state index contributed by atoms with van der Waals surface area (Å²) in [6, 6.07) is 10.1. The summed E-state index contributed by atoms with van der Waals surface area (Å²) in [7, 11) is 0. The number of hydrogen-bond acceptors (Lipinski definition) is 4. The van der Waals surface area contributed by atoms with Crippen LogP contribution in [0.15, 0.2) is 35.1 Å². The third kappa shape index (κ3) is 3.54. The first-order chi connectivity index (χ1) is 13.5. The molecule has 1 unspecified atom stereocenters. The summed E-state index contributed by atoms with van der Waals surface area (Å²) in [5.74, 6) is 3.66. The summed E-state index contributed by atoms with van der Waals surface area (Å²) in [5.41, 5.74) is 4.42. The number of benzene rings is 1. The molecule has 3 heterocycles. The van der Waals surface area contributed by atoms with Crippen LogP contribution in [-0.2, 0) is 6.54 Å². The van der Waals surface area contributed by atoms with Crippen molar-refractivity contribution in [1.82, 2.24) is 19.5 Å². The lowest BCUT2D eigenvalue weighted by Crippen LogP contribution is -2.20. The van der Waals surface area contributed by atoms with Crippen LogP contribution in [0.2, 0.25) is 0 Å². The molecule has 28 heavy (non-hydrogen) atoms. The van der Waals surface area contributed by atoms with Gasteiger partial charge in [0.15, 0.2) is 5.65 Å². The molecular weight excluding hydrogens is 352 g/mol. The standard InChI is InChI=1S/C22H24N4O2/c1-4-10-28-19-7-5-6-17(11-19)13-25-9-8-18(14-25)20-12-21-23-16(3)15(2)22(27)26(21)24-20/h1,5-7,11-12,18,24H,8-10,13-14H2,2-3H3. The van der Waals surface area contributed by atoms with Gasteiger partial charge >= 0.3 is 0 Å². The fourth-order valence-electron chi connectivity index (χ4n) is 3.79. The molecule has 6 heteroatoms. The van der Waals surface area contributed by atoms with Gasteiger partial charge in [0.25, 0.3) is 5.56 Å². The van der Waals surface area contributed by atoms with E-state index in [-0.39, 0.29) is 12.2 Å². The molecule has 6 nitrogen and oxygen atoms in total. The van der Waals surface area contributed by atoms with Crippen LogP contribution in [0.25, 0.3) is 5.65 Å². The van der Waals surface area contributed by atoms with E-state index >= 15 is 0 Å². The van der Waals surface area contributed by atoms with Crippen LogP contribution in [0.1, 0.15) is 34.9 Å². The Kier molecular flexibility index (Phi) is 4.93. The van der Waals surface area contributed by atoms with E-state index in [1.807, 2.05) is 38.1 Å². The molecule has 4 rings (SSSR count). The lowest BCUT2D eigenvalue weighted by Gasteiger charge is -2.16. The van der Waals surface area contributed by atoms with Crippen molar-refractivity contribution in [2.24, 2.45) is 0 Å². The number of aromatic amines is 1. The number of terminal acetylenes is 1. The molecule has 0 saturated carbocycles. The van der Waals surface area contributed by atoms with Crippen LogP contribution >= 0.6 is 0 Å². The van der Waals surface area contributed by atoms with E-state index in [9.17, 15) is 4.79 Å². The van der Waals surface area contributed by atoms with Gasteiger partial charge < -0.3 is 4.74 Å². The average Bonchev–Trinajstić information content (AvgIpc) is 3.32. The summed E-state index contributed by atoms with van der Waals surface area (Å²) in [6.45, 7) is 6.78. The van der Waals surface area contributed by atoms with Crippen LogP contribution in [0.4, 0.5) is 0 Å². The summed E-state index contributed by atoms with van der Waals surface area (Å²) in [4.78, 5) is 19.4. The smallest absolute Gasteiger partial charge is 0.275 e. The minimum atomic E-state index is -0.0209. The monoisotopic (exact) mass is 376 g/mol. The Morgan fingerprint density at radius 3 is 3.04 bits per heavy atom. The molecule has 0 amide bonds. The van der Waals surface area contributed by atoms with E-state index in [1.165, 1.54) is 5.56 Å². The van der Waals surface area contributed by atoms with Gasteiger partial charge in [0.05, 0.1) is 0 Å². The molecule has 1 fully saturated rings. The van der Waals surface area contributed by atoms with Gasteiger partial charge in [-0.2, -0.15) is 0 Å². The van der Waals surface area contributed by atoms with Gasteiger partial charge in [-0.3, -0.25) is 14.8 Å². The Hall–Kier alpha value is -3.04. The second kappa shape index (κ2) is 7.53. The van der Waals surface area contributed by atoms with Gasteiger partial charge in [0.2, 0.25) is 0 Å². The maximum atomic E-state index is 12.4. The average molecular weight is 376 g/mol. The number of likely N-dealkylation sites (tertiary alicyclic amines) is 1. The number of nitrogens with zero attached hydrogens (tertiary/aromatic N) is 3. The second-order valence-electron chi connectivity index (χ2n) is 7.39. The van der Waals surface area contributed by atoms with Crippen molar-refractivity contribution in [3.05, 3.63) is 63.2 Å². The lowest BCUT2D eigenvalue weighted by atomic mass is 10.1. The van der Waals surface area contributed by atoms with E-state index in [1.54, 1.807) is 4.52 Å². The van der Waals surface area contributed by atoms with Gasteiger partial charge in [-0.1, -0.05) is 18.1 Å². The Bertz CT molecular complexity index is 1110. The minimum Gasteiger partial charge on any atom is -0.481 e. The number of aryl methyl sites for hydroxylation is 1. The largest absolute Gasteiger partial charge is 0.481 e. The number of H-pyrrole nitrogens is 1. The third-order valence-corrected chi connectivity index (χ3v) is 5.44. The van der Waals surface area contributed by atoms with Gasteiger partial charge in [0, 0.05) is 42.0 Å². The zero-order valence-electron chi connectivity index (χ0n) is 16.2. The highest BCUT2D eigenvalue weighted by Gasteiger charge is 2.26. The Labute approximate surface area is 164 Å². The quantitative estimate of drug-likeness (QED) is 0.696. The van der Waals surface area contributed by atoms with Gasteiger partial charge in [0.1, 0.15) is 12.4 Å². The molecule has 1 atom stereocenters. The van der Waals surface area contributed by atoms with E-state index < -0.39 is 0 Å². The van der Waals surface area contributed by atoms with Crippen molar-refractivity contribution in [1.29, 1.82) is 0 Å². The Morgan fingerprint density at radius 1 is 1.36 bits per heavy atom. The van der Waals surface area contributed by atoms with Crippen molar-refractivity contribution in [3.63, 3.8) is 0 Å². The molecule has 1 aliphatic rings. The number of hydrogen-bond donors (Lipinski definition) is 1. The van der Waals surface area contributed by atoms with Crippen molar-refractivity contribution >= 4 is 5.65 Å². The Morgan fingerprint density at radius 2 is 2.21 bits per heavy atom. The van der Waals surface area contributed by atoms with Crippen molar-refractivity contribution < 1.29 is 4.74 Å². The highest BCUT2D eigenvalue weighted by molar-refractivity contribution is 5.42. The van der Waals surface area contributed by atoms with Crippen LogP contribution in [-0.4, -0.2) is 39.2 Å². The molecule has 1 N–H and O–H groups in total. The van der Waals surface area contributed by atoms with Gasteiger partial charge in [-0.25, -0.2) is 9.50 Å². The SMILES string of the molecule is C#CCOc1cccc(CN2CCC(c3cc4nc(C)c(C)c(=O)n4[nH]3)C2)c1. The molecule has 0 aliphatic carbocycles. The number of fused-ring (bicyclic) bond motifs is 1. The first-order valence-corrected chi connectivity index (χ1v) is 9.51. The number of aromatic nitrogens is 3. The molecule has 0 radical (unpaired) electrons. The zero-order chi connectivity index (χ0) is 19.7. The summed E-state index contributed by atoms with van der Waals surface area (Å²) in [5, 5.41) is 3.27. The fraction of sp³-hybridized carbons (Fsp3) is 0.364. The first kappa shape index (κ1) is 18.3. The van der Waals surface area contributed by atoms with Crippen molar-refractivity contribution in [2.45, 2.75) is 32.7 Å². The maximum absolute atomic E-state index is 12.4. The summed E-state index contributed by atoms with van der Waals surface area (Å²) < 4.78 is 7.08. The first-order valence-electron chi connectivity index (χ1n) is 9.51. The van der Waals surface area contributed by atoms with Crippen LogP contribution in [0.5, 0.6) is 5.75 Å². The van der Waals surface area contributed by atoms with Gasteiger partial charge in [-0.05, 0) is 44.5 Å². The molecular formula is C22H24N4O2. The topological polar surface area (TPSA) is 62.6 Å².